The molecule has 1 N–H and O–H groups in total. The third-order valence-corrected chi connectivity index (χ3v) is 2.58. The molecule has 0 radical (unpaired) electrons. The lowest BCUT2D eigenvalue weighted by Gasteiger charge is -2.14. The van der Waals surface area contributed by atoms with Crippen LogP contribution < -0.4 is 10.2 Å². The van der Waals surface area contributed by atoms with Crippen LogP contribution in [0.4, 0.5) is 11.4 Å². The fourth-order valence-corrected chi connectivity index (χ4v) is 1.60. The van der Waals surface area contributed by atoms with Crippen LogP contribution in [0.25, 0.3) is 0 Å². The molecule has 0 atom stereocenters. The molecule has 3 heteroatoms. The quantitative estimate of drug-likeness (QED) is 0.870. The molecule has 88 valence electrons. The smallest absolute Gasteiger partial charge is 0.0416 e. The van der Waals surface area contributed by atoms with Crippen molar-refractivity contribution in [3.63, 3.8) is 0 Å². The van der Waals surface area contributed by atoms with Crippen LogP contribution in [0.15, 0.2) is 48.8 Å². The summed E-state index contributed by atoms with van der Waals surface area (Å²) in [5, 5.41) is 3.39. The molecule has 0 spiro atoms. The van der Waals surface area contributed by atoms with Crippen LogP contribution in [0, 0.1) is 0 Å². The summed E-state index contributed by atoms with van der Waals surface area (Å²) in [6.45, 7) is 0.796. The van der Waals surface area contributed by atoms with Crippen LogP contribution >= 0.6 is 0 Å². The fraction of sp³-hybridized carbons (Fsp3) is 0.214. The van der Waals surface area contributed by atoms with Crippen molar-refractivity contribution in [2.24, 2.45) is 0 Å². The molecule has 17 heavy (non-hydrogen) atoms. The Morgan fingerprint density at radius 3 is 2.76 bits per heavy atom. The van der Waals surface area contributed by atoms with E-state index in [2.05, 4.69) is 45.5 Å². The van der Waals surface area contributed by atoms with E-state index < -0.39 is 0 Å². The van der Waals surface area contributed by atoms with Gasteiger partial charge in [0.2, 0.25) is 0 Å². The number of anilines is 2. The second-order valence-electron chi connectivity index (χ2n) is 4.16. The van der Waals surface area contributed by atoms with E-state index in [0.29, 0.717) is 0 Å². The molecule has 3 nitrogen and oxygen atoms in total. The van der Waals surface area contributed by atoms with E-state index in [-0.39, 0.29) is 0 Å². The minimum Gasteiger partial charge on any atom is -0.381 e. The Labute approximate surface area is 102 Å². The Hall–Kier alpha value is -2.03. The van der Waals surface area contributed by atoms with Gasteiger partial charge >= 0.3 is 0 Å². The molecule has 1 aromatic carbocycles. The summed E-state index contributed by atoms with van der Waals surface area (Å²) in [5.74, 6) is 0. The van der Waals surface area contributed by atoms with E-state index in [9.17, 15) is 0 Å². The summed E-state index contributed by atoms with van der Waals surface area (Å²) < 4.78 is 0. The molecule has 0 saturated heterocycles. The van der Waals surface area contributed by atoms with E-state index in [1.54, 1.807) is 6.20 Å². The van der Waals surface area contributed by atoms with Crippen molar-refractivity contribution < 1.29 is 0 Å². The predicted octanol–water partition coefficient (Wildman–Crippen LogP) is 2.76. The van der Waals surface area contributed by atoms with Gasteiger partial charge in [-0.3, -0.25) is 4.98 Å². The molecule has 2 rings (SSSR count). The largest absolute Gasteiger partial charge is 0.381 e. The molecular formula is C14H17N3. The molecule has 1 aromatic heterocycles. The standard InChI is InChI=1S/C14H17N3/c1-17(2)14-7-3-6-13(9-14)16-11-12-5-4-8-15-10-12/h3-10,16H,11H2,1-2H3. The van der Waals surface area contributed by atoms with E-state index >= 15 is 0 Å². The van der Waals surface area contributed by atoms with Crippen molar-refractivity contribution in [1.82, 2.24) is 4.98 Å². The van der Waals surface area contributed by atoms with Crippen LogP contribution in [0.5, 0.6) is 0 Å². The molecule has 0 aliphatic carbocycles. The van der Waals surface area contributed by atoms with E-state index in [4.69, 9.17) is 0 Å². The van der Waals surface area contributed by atoms with Gasteiger partial charge in [-0.15, -0.1) is 0 Å². The molecular weight excluding hydrogens is 210 g/mol. The van der Waals surface area contributed by atoms with Crippen molar-refractivity contribution in [2.75, 3.05) is 24.3 Å². The molecule has 0 saturated carbocycles. The third-order valence-electron chi connectivity index (χ3n) is 2.58. The van der Waals surface area contributed by atoms with Gasteiger partial charge in [0, 0.05) is 44.4 Å². The van der Waals surface area contributed by atoms with Crippen LogP contribution in [-0.4, -0.2) is 19.1 Å². The lowest BCUT2D eigenvalue weighted by Crippen LogP contribution is -2.09. The van der Waals surface area contributed by atoms with Gasteiger partial charge in [0.05, 0.1) is 0 Å². The van der Waals surface area contributed by atoms with Crippen molar-refractivity contribution >= 4 is 11.4 Å². The first-order valence-corrected chi connectivity index (χ1v) is 5.66. The van der Waals surface area contributed by atoms with E-state index in [1.165, 1.54) is 11.3 Å². The van der Waals surface area contributed by atoms with Gasteiger partial charge in [-0.1, -0.05) is 12.1 Å². The summed E-state index contributed by atoms with van der Waals surface area (Å²) in [4.78, 5) is 6.19. The zero-order valence-corrected chi connectivity index (χ0v) is 10.2. The van der Waals surface area contributed by atoms with Crippen LogP contribution in [0.1, 0.15) is 5.56 Å². The third kappa shape index (κ3) is 3.21. The predicted molar refractivity (Wildman–Crippen MR) is 72.3 cm³/mol. The van der Waals surface area contributed by atoms with Gasteiger partial charge in [0.1, 0.15) is 0 Å². The molecule has 2 aromatic rings. The summed E-state index contributed by atoms with van der Waals surface area (Å²) in [7, 11) is 4.08. The lowest BCUT2D eigenvalue weighted by atomic mass is 10.2. The minimum atomic E-state index is 0.796. The Morgan fingerprint density at radius 1 is 1.18 bits per heavy atom. The first-order valence-electron chi connectivity index (χ1n) is 5.66. The highest BCUT2D eigenvalue weighted by atomic mass is 15.1. The highest BCUT2D eigenvalue weighted by Crippen LogP contribution is 2.17. The fourth-order valence-electron chi connectivity index (χ4n) is 1.60. The number of hydrogen-bond donors (Lipinski definition) is 1. The zero-order chi connectivity index (χ0) is 12.1. The number of benzene rings is 1. The monoisotopic (exact) mass is 227 g/mol. The average molecular weight is 227 g/mol. The molecule has 0 amide bonds. The Kier molecular flexibility index (Phi) is 3.60. The van der Waals surface area contributed by atoms with Gasteiger partial charge in [-0.25, -0.2) is 0 Å². The number of nitrogens with one attached hydrogen (secondary N) is 1. The second kappa shape index (κ2) is 5.34. The van der Waals surface area contributed by atoms with Gasteiger partial charge in [-0.05, 0) is 29.8 Å². The SMILES string of the molecule is CN(C)c1cccc(NCc2cccnc2)c1. The summed E-state index contributed by atoms with van der Waals surface area (Å²) >= 11 is 0. The Morgan fingerprint density at radius 2 is 2.06 bits per heavy atom. The van der Waals surface area contributed by atoms with Crippen LogP contribution in [-0.2, 0) is 6.54 Å². The van der Waals surface area contributed by atoms with Crippen molar-refractivity contribution in [2.45, 2.75) is 6.54 Å². The van der Waals surface area contributed by atoms with E-state index in [0.717, 1.165) is 12.2 Å². The van der Waals surface area contributed by atoms with Crippen LogP contribution in [0.3, 0.4) is 0 Å². The highest BCUT2D eigenvalue weighted by molar-refractivity contribution is 5.57. The maximum Gasteiger partial charge on any atom is 0.0416 e. The molecule has 0 aliphatic heterocycles. The van der Waals surface area contributed by atoms with Gasteiger partial charge in [0.15, 0.2) is 0 Å². The lowest BCUT2D eigenvalue weighted by molar-refractivity contribution is 1.10. The second-order valence-corrected chi connectivity index (χ2v) is 4.16. The van der Waals surface area contributed by atoms with Crippen molar-refractivity contribution in [3.8, 4) is 0 Å². The Bertz CT molecular complexity index is 466. The minimum absolute atomic E-state index is 0.796. The molecule has 0 bridgehead atoms. The first-order chi connectivity index (χ1) is 8.25. The molecule has 1 heterocycles. The summed E-state index contributed by atoms with van der Waals surface area (Å²) in [5.41, 5.74) is 3.50. The van der Waals surface area contributed by atoms with Crippen molar-refractivity contribution in [1.29, 1.82) is 0 Å². The topological polar surface area (TPSA) is 28.2 Å². The average Bonchev–Trinajstić information content (AvgIpc) is 2.38. The molecule has 0 unspecified atom stereocenters. The Balaban J connectivity index is 2.02. The van der Waals surface area contributed by atoms with Gasteiger partial charge in [-0.2, -0.15) is 0 Å². The maximum absolute atomic E-state index is 4.09. The van der Waals surface area contributed by atoms with Gasteiger partial charge in [0.25, 0.3) is 0 Å². The summed E-state index contributed by atoms with van der Waals surface area (Å²) in [6, 6.07) is 12.4. The van der Waals surface area contributed by atoms with E-state index in [1.807, 2.05) is 26.4 Å². The summed E-state index contributed by atoms with van der Waals surface area (Å²) in [6.07, 6.45) is 3.67. The number of hydrogen-bond acceptors (Lipinski definition) is 3. The van der Waals surface area contributed by atoms with Crippen LogP contribution in [0.2, 0.25) is 0 Å². The maximum atomic E-state index is 4.09. The number of aromatic nitrogens is 1. The molecule has 0 fully saturated rings. The van der Waals surface area contributed by atoms with Gasteiger partial charge < -0.3 is 10.2 Å². The first kappa shape index (κ1) is 11.5. The zero-order valence-electron chi connectivity index (χ0n) is 10.2. The van der Waals surface area contributed by atoms with Crippen molar-refractivity contribution in [3.05, 3.63) is 54.4 Å². The number of pyridine rings is 1. The highest BCUT2D eigenvalue weighted by Gasteiger charge is 1.97. The number of rotatable bonds is 4. The number of nitrogens with zero attached hydrogens (tertiary/aromatic N) is 2. The normalized spacial score (nSPS) is 10.0. The molecule has 0 aliphatic rings.